The molecule has 3 heteroatoms. The molecule has 90 valence electrons. The second-order valence-corrected chi connectivity index (χ2v) is 5.62. The highest BCUT2D eigenvalue weighted by molar-refractivity contribution is 7.19. The molecule has 1 aliphatic rings. The number of fused-ring (bicyclic) bond motifs is 1. The molecule has 0 spiro atoms. The van der Waals surface area contributed by atoms with Crippen molar-refractivity contribution in [1.29, 1.82) is 0 Å². The molecule has 0 aliphatic carbocycles. The molecule has 2 nitrogen and oxygen atoms in total. The number of thiophene rings is 1. The van der Waals surface area contributed by atoms with Gasteiger partial charge in [-0.3, -0.25) is 0 Å². The zero-order valence-electron chi connectivity index (χ0n) is 9.98. The fraction of sp³-hybridized carbons (Fsp3) is 0.429. The Morgan fingerprint density at radius 3 is 3.06 bits per heavy atom. The highest BCUT2D eigenvalue weighted by Gasteiger charge is 2.23. The Morgan fingerprint density at radius 1 is 1.35 bits per heavy atom. The van der Waals surface area contributed by atoms with Crippen LogP contribution >= 0.6 is 11.3 Å². The molecule has 1 saturated heterocycles. The van der Waals surface area contributed by atoms with Crippen LogP contribution in [0.1, 0.15) is 24.3 Å². The van der Waals surface area contributed by atoms with Crippen LogP contribution in [0.15, 0.2) is 30.3 Å². The van der Waals surface area contributed by atoms with E-state index in [2.05, 4.69) is 42.6 Å². The van der Waals surface area contributed by atoms with E-state index in [1.165, 1.54) is 15.0 Å². The van der Waals surface area contributed by atoms with Crippen molar-refractivity contribution in [3.8, 4) is 0 Å². The Balaban J connectivity index is 1.87. The highest BCUT2D eigenvalue weighted by atomic mass is 32.1. The molecular weight excluding hydrogens is 230 g/mol. The van der Waals surface area contributed by atoms with Crippen LogP contribution in [0.5, 0.6) is 0 Å². The summed E-state index contributed by atoms with van der Waals surface area (Å²) in [6.45, 7) is 4.10. The van der Waals surface area contributed by atoms with Gasteiger partial charge in [0.15, 0.2) is 0 Å². The third kappa shape index (κ3) is 2.23. The molecule has 1 N–H and O–H groups in total. The SMILES string of the molecule is CCC1CNCC(c2cc3ccccc3s2)O1. The fourth-order valence-corrected chi connectivity index (χ4v) is 3.37. The molecule has 1 aliphatic heterocycles. The van der Waals surface area contributed by atoms with E-state index >= 15 is 0 Å². The summed E-state index contributed by atoms with van der Waals surface area (Å²) in [5.74, 6) is 0. The maximum Gasteiger partial charge on any atom is 0.104 e. The van der Waals surface area contributed by atoms with Gasteiger partial charge in [-0.2, -0.15) is 0 Å². The summed E-state index contributed by atoms with van der Waals surface area (Å²) in [5.41, 5.74) is 0. The molecule has 3 rings (SSSR count). The van der Waals surface area contributed by atoms with Gasteiger partial charge < -0.3 is 10.1 Å². The van der Waals surface area contributed by atoms with E-state index in [9.17, 15) is 0 Å². The van der Waals surface area contributed by atoms with E-state index in [-0.39, 0.29) is 6.10 Å². The molecule has 17 heavy (non-hydrogen) atoms. The zero-order chi connectivity index (χ0) is 11.7. The second kappa shape index (κ2) is 4.77. The van der Waals surface area contributed by atoms with Crippen LogP contribution in [0.2, 0.25) is 0 Å². The van der Waals surface area contributed by atoms with E-state index in [0.717, 1.165) is 19.5 Å². The number of hydrogen-bond acceptors (Lipinski definition) is 3. The van der Waals surface area contributed by atoms with Crippen molar-refractivity contribution in [1.82, 2.24) is 5.32 Å². The van der Waals surface area contributed by atoms with Gasteiger partial charge >= 0.3 is 0 Å². The largest absolute Gasteiger partial charge is 0.367 e. The highest BCUT2D eigenvalue weighted by Crippen LogP contribution is 2.33. The summed E-state index contributed by atoms with van der Waals surface area (Å²) in [7, 11) is 0. The summed E-state index contributed by atoms with van der Waals surface area (Å²) < 4.78 is 7.45. The molecule has 1 aromatic carbocycles. The van der Waals surface area contributed by atoms with Crippen molar-refractivity contribution >= 4 is 21.4 Å². The van der Waals surface area contributed by atoms with Crippen molar-refractivity contribution < 1.29 is 4.74 Å². The van der Waals surface area contributed by atoms with Crippen molar-refractivity contribution in [3.63, 3.8) is 0 Å². The summed E-state index contributed by atoms with van der Waals surface area (Å²) in [6, 6.07) is 10.8. The monoisotopic (exact) mass is 247 g/mol. The number of benzene rings is 1. The van der Waals surface area contributed by atoms with Crippen molar-refractivity contribution in [2.45, 2.75) is 25.6 Å². The number of morpholine rings is 1. The van der Waals surface area contributed by atoms with Crippen LogP contribution in [0, 0.1) is 0 Å². The normalized spacial score (nSPS) is 25.2. The quantitative estimate of drug-likeness (QED) is 0.879. The molecule has 1 aromatic heterocycles. The first kappa shape index (κ1) is 11.2. The van der Waals surface area contributed by atoms with Crippen LogP contribution < -0.4 is 5.32 Å². The maximum absolute atomic E-state index is 6.10. The third-order valence-corrected chi connectivity index (χ3v) is 4.48. The zero-order valence-corrected chi connectivity index (χ0v) is 10.8. The van der Waals surface area contributed by atoms with Gasteiger partial charge in [0.1, 0.15) is 6.10 Å². The van der Waals surface area contributed by atoms with Gasteiger partial charge in [-0.05, 0) is 23.9 Å². The number of rotatable bonds is 2. The van der Waals surface area contributed by atoms with Gasteiger partial charge in [0.05, 0.1) is 6.10 Å². The van der Waals surface area contributed by atoms with Gasteiger partial charge in [0, 0.05) is 22.7 Å². The Morgan fingerprint density at radius 2 is 2.24 bits per heavy atom. The average Bonchev–Trinajstić information content (AvgIpc) is 2.82. The average molecular weight is 247 g/mol. The van der Waals surface area contributed by atoms with Crippen molar-refractivity contribution in [2.75, 3.05) is 13.1 Å². The molecule has 2 aromatic rings. The fourth-order valence-electron chi connectivity index (χ4n) is 2.27. The van der Waals surface area contributed by atoms with Gasteiger partial charge in [-0.15, -0.1) is 11.3 Å². The molecular formula is C14H17NOS. The summed E-state index contributed by atoms with van der Waals surface area (Å²) in [5, 5.41) is 4.79. The van der Waals surface area contributed by atoms with Crippen LogP contribution in [-0.2, 0) is 4.74 Å². The molecule has 0 amide bonds. The summed E-state index contributed by atoms with van der Waals surface area (Å²) in [6.07, 6.45) is 1.67. The number of hydrogen-bond donors (Lipinski definition) is 1. The lowest BCUT2D eigenvalue weighted by Gasteiger charge is -2.29. The lowest BCUT2D eigenvalue weighted by Crippen LogP contribution is -2.39. The first-order valence-electron chi connectivity index (χ1n) is 6.21. The topological polar surface area (TPSA) is 21.3 Å². The van der Waals surface area contributed by atoms with E-state index in [1.807, 2.05) is 11.3 Å². The van der Waals surface area contributed by atoms with Gasteiger partial charge in [0.2, 0.25) is 0 Å². The molecule has 2 heterocycles. The van der Waals surface area contributed by atoms with E-state index in [4.69, 9.17) is 4.74 Å². The molecule has 0 bridgehead atoms. The van der Waals surface area contributed by atoms with Crippen LogP contribution in [0.4, 0.5) is 0 Å². The van der Waals surface area contributed by atoms with Gasteiger partial charge in [-0.25, -0.2) is 0 Å². The molecule has 0 radical (unpaired) electrons. The third-order valence-electron chi connectivity index (χ3n) is 3.28. The Labute approximate surface area is 106 Å². The van der Waals surface area contributed by atoms with Crippen LogP contribution in [0.25, 0.3) is 10.1 Å². The lowest BCUT2D eigenvalue weighted by atomic mass is 10.1. The smallest absolute Gasteiger partial charge is 0.104 e. The van der Waals surface area contributed by atoms with Crippen molar-refractivity contribution in [3.05, 3.63) is 35.2 Å². The molecule has 2 atom stereocenters. The lowest BCUT2D eigenvalue weighted by molar-refractivity contribution is -0.0381. The van der Waals surface area contributed by atoms with E-state index in [1.54, 1.807) is 0 Å². The first-order valence-corrected chi connectivity index (χ1v) is 7.03. The summed E-state index contributed by atoms with van der Waals surface area (Å²) >= 11 is 1.85. The van der Waals surface area contributed by atoms with E-state index in [0.29, 0.717) is 6.10 Å². The Kier molecular flexibility index (Phi) is 3.14. The maximum atomic E-state index is 6.10. The standard InChI is InChI=1S/C14H17NOS/c1-2-11-8-15-9-12(16-11)14-7-10-5-3-4-6-13(10)17-14/h3-7,11-12,15H,2,8-9H2,1H3. The first-order chi connectivity index (χ1) is 8.36. The minimum atomic E-state index is 0.228. The van der Waals surface area contributed by atoms with Gasteiger partial charge in [-0.1, -0.05) is 25.1 Å². The van der Waals surface area contributed by atoms with Crippen molar-refractivity contribution in [2.24, 2.45) is 0 Å². The molecule has 1 fully saturated rings. The number of ether oxygens (including phenoxy) is 1. The molecule has 0 saturated carbocycles. The van der Waals surface area contributed by atoms with E-state index < -0.39 is 0 Å². The second-order valence-electron chi connectivity index (χ2n) is 4.50. The Hall–Kier alpha value is -0.900. The molecule has 2 unspecified atom stereocenters. The summed E-state index contributed by atoms with van der Waals surface area (Å²) in [4.78, 5) is 1.34. The predicted octanol–water partition coefficient (Wildman–Crippen LogP) is 3.34. The Bertz CT molecular complexity index is 475. The minimum Gasteiger partial charge on any atom is -0.367 e. The minimum absolute atomic E-state index is 0.228. The van der Waals surface area contributed by atoms with Crippen LogP contribution in [-0.4, -0.2) is 19.2 Å². The van der Waals surface area contributed by atoms with Gasteiger partial charge in [0.25, 0.3) is 0 Å². The predicted molar refractivity (Wildman–Crippen MR) is 72.6 cm³/mol. The van der Waals surface area contributed by atoms with Crippen LogP contribution in [0.3, 0.4) is 0 Å². The number of nitrogens with one attached hydrogen (secondary N) is 1.